The maximum Gasteiger partial charge on any atom is 0.227 e. The van der Waals surface area contributed by atoms with Crippen molar-refractivity contribution >= 4 is 34.6 Å². The minimum absolute atomic E-state index is 0.0515. The molecule has 1 saturated heterocycles. The molecule has 0 aromatic heterocycles. The number of rotatable bonds is 5. The van der Waals surface area contributed by atoms with Gasteiger partial charge in [-0.15, -0.1) is 0 Å². The molecule has 1 aliphatic rings. The number of carbonyl (C=O) groups is 1. The second-order valence-electron chi connectivity index (χ2n) is 8.00. The van der Waals surface area contributed by atoms with E-state index in [1.807, 2.05) is 48.2 Å². The molecule has 0 spiro atoms. The Bertz CT molecular complexity index is 1080. The van der Waals surface area contributed by atoms with Crippen LogP contribution in [0.4, 0.5) is 11.4 Å². The summed E-state index contributed by atoms with van der Waals surface area (Å²) in [6.45, 7) is 4.91. The molecule has 0 radical (unpaired) electrons. The highest BCUT2D eigenvalue weighted by Crippen LogP contribution is 2.28. The third-order valence-electron chi connectivity index (χ3n) is 5.64. The molecule has 31 heavy (non-hydrogen) atoms. The number of hydrogen-bond donors (Lipinski definition) is 2. The number of hydrogen-bond acceptors (Lipinski definition) is 2. The third-order valence-corrected chi connectivity index (χ3v) is 5.86. The molecule has 158 valence electrons. The summed E-state index contributed by atoms with van der Waals surface area (Å²) in [5, 5.41) is 7.33. The van der Waals surface area contributed by atoms with Crippen molar-refractivity contribution in [3.8, 4) is 0 Å². The van der Waals surface area contributed by atoms with Gasteiger partial charge in [0, 0.05) is 24.3 Å². The summed E-state index contributed by atoms with van der Waals surface area (Å²) in [4.78, 5) is 14.0. The smallest absolute Gasteiger partial charge is 0.227 e. The van der Waals surface area contributed by atoms with Crippen molar-refractivity contribution in [3.63, 3.8) is 0 Å². The average molecular weight is 430 g/mol. The molecular weight excluding hydrogens is 402 g/mol. The molecule has 3 aromatic carbocycles. The molecule has 4 rings (SSSR count). The highest BCUT2D eigenvalue weighted by molar-refractivity contribution is 7.80. The van der Waals surface area contributed by atoms with Crippen LogP contribution in [0.3, 0.4) is 0 Å². The lowest BCUT2D eigenvalue weighted by atomic mass is 9.98. The van der Waals surface area contributed by atoms with Gasteiger partial charge in [0.15, 0.2) is 5.11 Å². The predicted molar refractivity (Wildman–Crippen MR) is 132 cm³/mol. The summed E-state index contributed by atoms with van der Waals surface area (Å²) in [5.74, 6) is 0.199. The molecule has 1 amide bonds. The van der Waals surface area contributed by atoms with Crippen LogP contribution in [0.25, 0.3) is 0 Å². The van der Waals surface area contributed by atoms with Gasteiger partial charge in [-0.1, -0.05) is 60.2 Å². The largest absolute Gasteiger partial charge is 0.352 e. The van der Waals surface area contributed by atoms with E-state index in [1.165, 1.54) is 5.56 Å². The van der Waals surface area contributed by atoms with Gasteiger partial charge in [-0.05, 0) is 67.4 Å². The van der Waals surface area contributed by atoms with Gasteiger partial charge in [0.05, 0.1) is 6.04 Å². The molecule has 1 atom stereocenters. The number of carbonyl (C=O) groups excluding carboxylic acids is 1. The van der Waals surface area contributed by atoms with E-state index < -0.39 is 0 Å². The molecule has 5 heteroatoms. The number of thiocarbonyl (C=S) groups is 1. The van der Waals surface area contributed by atoms with Crippen molar-refractivity contribution in [2.75, 3.05) is 16.8 Å². The first-order valence-corrected chi connectivity index (χ1v) is 11.0. The van der Waals surface area contributed by atoms with E-state index >= 15 is 0 Å². The van der Waals surface area contributed by atoms with Crippen molar-refractivity contribution in [1.82, 2.24) is 5.32 Å². The van der Waals surface area contributed by atoms with E-state index in [0.29, 0.717) is 11.5 Å². The summed E-state index contributed by atoms with van der Waals surface area (Å²) in [5.41, 5.74) is 6.47. The van der Waals surface area contributed by atoms with Crippen molar-refractivity contribution in [2.24, 2.45) is 0 Å². The van der Waals surface area contributed by atoms with Gasteiger partial charge < -0.3 is 15.5 Å². The van der Waals surface area contributed by atoms with Crippen molar-refractivity contribution in [2.45, 2.75) is 32.7 Å². The lowest BCUT2D eigenvalue weighted by Crippen LogP contribution is -2.33. The number of anilines is 2. The van der Waals surface area contributed by atoms with Crippen LogP contribution in [0.5, 0.6) is 0 Å². The number of nitrogens with zero attached hydrogens (tertiary/aromatic N) is 1. The van der Waals surface area contributed by atoms with E-state index in [0.717, 1.165) is 41.0 Å². The Labute approximate surface area is 189 Å². The molecule has 1 fully saturated rings. The van der Waals surface area contributed by atoms with Crippen LogP contribution in [0.1, 0.15) is 41.1 Å². The van der Waals surface area contributed by atoms with E-state index in [1.54, 1.807) is 0 Å². The summed E-state index contributed by atoms with van der Waals surface area (Å²) in [7, 11) is 0. The fraction of sp³-hybridized carbons (Fsp3) is 0.231. The van der Waals surface area contributed by atoms with Gasteiger partial charge >= 0.3 is 0 Å². The van der Waals surface area contributed by atoms with Crippen LogP contribution in [-0.2, 0) is 4.79 Å². The first kappa shape index (κ1) is 21.1. The van der Waals surface area contributed by atoms with Gasteiger partial charge in [-0.25, -0.2) is 0 Å². The SMILES string of the molecule is Cc1ccc([C@@H](NC(=S)Nc2ccc(N3CCCC3=O)c(C)c2)c2ccccc2)cc1. The van der Waals surface area contributed by atoms with Crippen molar-refractivity contribution in [1.29, 1.82) is 0 Å². The molecule has 1 aliphatic heterocycles. The summed E-state index contributed by atoms with van der Waals surface area (Å²) < 4.78 is 0. The normalized spacial score (nSPS) is 14.4. The first-order chi connectivity index (χ1) is 15.0. The molecule has 2 N–H and O–H groups in total. The molecule has 0 aliphatic carbocycles. The minimum Gasteiger partial charge on any atom is -0.352 e. The Balaban J connectivity index is 1.51. The standard InChI is InChI=1S/C26H27N3OS/c1-18-10-12-21(13-11-18)25(20-7-4-3-5-8-20)28-26(31)27-22-14-15-23(19(2)17-22)29-16-6-9-24(29)30/h3-5,7-8,10-15,17,25H,6,9,16H2,1-2H3,(H2,27,28,31)/t25-/m0/s1. The zero-order chi connectivity index (χ0) is 21.8. The summed E-state index contributed by atoms with van der Waals surface area (Å²) in [6.07, 6.45) is 1.56. The highest BCUT2D eigenvalue weighted by Gasteiger charge is 2.23. The number of amides is 1. The summed E-state index contributed by atoms with van der Waals surface area (Å²) >= 11 is 5.65. The second kappa shape index (κ2) is 9.31. The lowest BCUT2D eigenvalue weighted by Gasteiger charge is -2.23. The maximum atomic E-state index is 12.1. The number of nitrogens with one attached hydrogen (secondary N) is 2. The van der Waals surface area contributed by atoms with Crippen LogP contribution in [0.2, 0.25) is 0 Å². The Morgan fingerprint density at radius 3 is 2.32 bits per heavy atom. The Morgan fingerprint density at radius 1 is 0.968 bits per heavy atom. The predicted octanol–water partition coefficient (Wildman–Crippen LogP) is 5.51. The minimum atomic E-state index is -0.0515. The molecule has 0 saturated carbocycles. The van der Waals surface area contributed by atoms with Gasteiger partial charge in [-0.2, -0.15) is 0 Å². The zero-order valence-corrected chi connectivity index (χ0v) is 18.7. The van der Waals surface area contributed by atoms with Crippen LogP contribution in [0, 0.1) is 13.8 Å². The first-order valence-electron chi connectivity index (χ1n) is 10.6. The van der Waals surface area contributed by atoms with Crippen molar-refractivity contribution in [3.05, 3.63) is 95.1 Å². The molecule has 0 unspecified atom stereocenters. The van der Waals surface area contributed by atoms with Gasteiger partial charge in [-0.3, -0.25) is 4.79 Å². The fourth-order valence-electron chi connectivity index (χ4n) is 4.00. The van der Waals surface area contributed by atoms with Gasteiger partial charge in [0.1, 0.15) is 0 Å². The van der Waals surface area contributed by atoms with Crippen LogP contribution in [0.15, 0.2) is 72.8 Å². The summed E-state index contributed by atoms with van der Waals surface area (Å²) in [6, 6.07) is 24.8. The topological polar surface area (TPSA) is 44.4 Å². The number of benzene rings is 3. The van der Waals surface area contributed by atoms with Gasteiger partial charge in [0.2, 0.25) is 5.91 Å². The van der Waals surface area contributed by atoms with E-state index in [4.69, 9.17) is 12.2 Å². The van der Waals surface area contributed by atoms with Crippen LogP contribution >= 0.6 is 12.2 Å². The molecular formula is C26H27N3OS. The Hall–Kier alpha value is -3.18. The molecule has 0 bridgehead atoms. The lowest BCUT2D eigenvalue weighted by molar-refractivity contribution is -0.117. The van der Waals surface area contributed by atoms with E-state index in [-0.39, 0.29) is 11.9 Å². The third kappa shape index (κ3) is 4.94. The quantitative estimate of drug-likeness (QED) is 0.525. The van der Waals surface area contributed by atoms with Crippen LogP contribution in [-0.4, -0.2) is 17.6 Å². The molecule has 1 heterocycles. The zero-order valence-electron chi connectivity index (χ0n) is 17.9. The molecule has 4 nitrogen and oxygen atoms in total. The van der Waals surface area contributed by atoms with E-state index in [2.05, 4.69) is 54.0 Å². The number of aryl methyl sites for hydroxylation is 2. The second-order valence-corrected chi connectivity index (χ2v) is 8.41. The Morgan fingerprint density at radius 2 is 1.68 bits per heavy atom. The van der Waals surface area contributed by atoms with Crippen LogP contribution < -0.4 is 15.5 Å². The monoisotopic (exact) mass is 429 g/mol. The average Bonchev–Trinajstić information content (AvgIpc) is 3.19. The van der Waals surface area contributed by atoms with Gasteiger partial charge in [0.25, 0.3) is 0 Å². The highest BCUT2D eigenvalue weighted by atomic mass is 32.1. The van der Waals surface area contributed by atoms with Crippen molar-refractivity contribution < 1.29 is 4.79 Å². The maximum absolute atomic E-state index is 12.1. The van der Waals surface area contributed by atoms with E-state index in [9.17, 15) is 4.79 Å². The molecule has 3 aromatic rings. The fourth-order valence-corrected chi connectivity index (χ4v) is 4.24. The Kier molecular flexibility index (Phi) is 6.33.